The number of halogens is 4. The molecule has 2 N–H and O–H groups in total. The summed E-state index contributed by atoms with van der Waals surface area (Å²) in [5.74, 6) is -1.88. The third-order valence-corrected chi connectivity index (χ3v) is 5.78. The fourth-order valence-corrected chi connectivity index (χ4v) is 4.14. The maximum absolute atomic E-state index is 14.3. The summed E-state index contributed by atoms with van der Waals surface area (Å²) >= 11 is 0. The van der Waals surface area contributed by atoms with E-state index in [1.165, 1.54) is 11.0 Å². The van der Waals surface area contributed by atoms with Crippen molar-refractivity contribution in [2.45, 2.75) is 58.2 Å². The third-order valence-electron chi connectivity index (χ3n) is 5.78. The van der Waals surface area contributed by atoms with Crippen LogP contribution in [0, 0.1) is 16.7 Å². The fourth-order valence-electron chi connectivity index (χ4n) is 4.14. The summed E-state index contributed by atoms with van der Waals surface area (Å²) < 4.78 is 60.2. The van der Waals surface area contributed by atoms with Crippen molar-refractivity contribution in [3.8, 4) is 0 Å². The highest BCUT2D eigenvalue weighted by molar-refractivity contribution is 6.16. The Morgan fingerprint density at radius 1 is 1.24 bits per heavy atom. The monoisotopic (exact) mass is 480 g/mol. The molecular formula is C21H24F4N8O. The van der Waals surface area contributed by atoms with E-state index in [0.717, 1.165) is 6.08 Å². The molecular weight excluding hydrogens is 456 g/mol. The first-order valence-electron chi connectivity index (χ1n) is 10.8. The number of hydrogen-bond acceptors (Lipinski definition) is 8. The van der Waals surface area contributed by atoms with Gasteiger partial charge in [-0.25, -0.2) is 24.0 Å². The minimum absolute atomic E-state index is 0.0157. The molecule has 0 saturated heterocycles. The Morgan fingerprint density at radius 2 is 1.97 bits per heavy atom. The molecule has 2 aromatic heterocycles. The minimum atomic E-state index is -4.64. The average Bonchev–Trinajstić information content (AvgIpc) is 3.21. The molecule has 0 radical (unpaired) electrons. The minimum Gasteiger partial charge on any atom is -0.368 e. The van der Waals surface area contributed by atoms with Crippen LogP contribution in [0.4, 0.5) is 23.4 Å². The lowest BCUT2D eigenvalue weighted by molar-refractivity contribution is -0.145. The second kappa shape index (κ2) is 8.85. The first kappa shape index (κ1) is 23.9. The number of nitrogens with one attached hydrogen (secondary N) is 2. The van der Waals surface area contributed by atoms with Crippen molar-refractivity contribution in [1.29, 1.82) is 10.8 Å². The molecule has 3 unspecified atom stereocenters. The van der Waals surface area contributed by atoms with Gasteiger partial charge in [0.25, 0.3) is 5.82 Å². The van der Waals surface area contributed by atoms with Crippen molar-refractivity contribution in [3.63, 3.8) is 0 Å². The van der Waals surface area contributed by atoms with Crippen LogP contribution in [-0.4, -0.2) is 54.9 Å². The molecule has 182 valence electrons. The smallest absolute Gasteiger partial charge is 0.368 e. The van der Waals surface area contributed by atoms with E-state index in [1.54, 1.807) is 31.7 Å². The normalized spacial score (nSPS) is 23.2. The van der Waals surface area contributed by atoms with Gasteiger partial charge in [-0.05, 0) is 33.3 Å². The van der Waals surface area contributed by atoms with Gasteiger partial charge in [-0.1, -0.05) is 0 Å². The van der Waals surface area contributed by atoms with Crippen LogP contribution in [0.5, 0.6) is 0 Å². The van der Waals surface area contributed by atoms with Gasteiger partial charge in [-0.3, -0.25) is 0 Å². The van der Waals surface area contributed by atoms with E-state index in [4.69, 9.17) is 15.6 Å². The summed E-state index contributed by atoms with van der Waals surface area (Å²) in [6.07, 6.45) is -3.27. The molecule has 13 heteroatoms. The van der Waals surface area contributed by atoms with Crippen molar-refractivity contribution in [2.75, 3.05) is 11.4 Å². The Balaban J connectivity index is 1.57. The predicted molar refractivity (Wildman–Crippen MR) is 115 cm³/mol. The molecule has 0 amide bonds. The van der Waals surface area contributed by atoms with E-state index < -0.39 is 35.9 Å². The molecule has 2 aliphatic rings. The number of ether oxygens (including phenoxy) is 1. The molecule has 0 aromatic carbocycles. The Bertz CT molecular complexity index is 1140. The number of nitrogens with zero attached hydrogens (tertiary/aromatic N) is 6. The van der Waals surface area contributed by atoms with Crippen molar-refractivity contribution in [3.05, 3.63) is 41.6 Å². The van der Waals surface area contributed by atoms with Crippen LogP contribution >= 0.6 is 0 Å². The third kappa shape index (κ3) is 4.56. The fraction of sp³-hybridized carbons (Fsp3) is 0.524. The van der Waals surface area contributed by atoms with E-state index in [2.05, 4.69) is 20.1 Å². The van der Waals surface area contributed by atoms with E-state index in [9.17, 15) is 17.6 Å². The second-order valence-electron chi connectivity index (χ2n) is 8.51. The number of anilines is 1. The van der Waals surface area contributed by atoms with Gasteiger partial charge in [-0.2, -0.15) is 13.2 Å². The van der Waals surface area contributed by atoms with E-state index in [0.29, 0.717) is 12.4 Å². The van der Waals surface area contributed by atoms with Gasteiger partial charge in [0, 0.05) is 24.2 Å². The molecule has 4 rings (SSSR count). The van der Waals surface area contributed by atoms with E-state index in [-0.39, 0.29) is 42.0 Å². The summed E-state index contributed by atoms with van der Waals surface area (Å²) in [6, 6.07) is 0.999. The average molecular weight is 480 g/mol. The lowest BCUT2D eigenvalue weighted by atomic mass is 9.84. The Hall–Kier alpha value is -3.22. The molecule has 2 aromatic rings. The highest BCUT2D eigenvalue weighted by Gasteiger charge is 2.40. The molecule has 0 fully saturated rings. The van der Waals surface area contributed by atoms with E-state index in [1.807, 2.05) is 0 Å². The predicted octanol–water partition coefficient (Wildman–Crippen LogP) is 3.72. The molecule has 9 nitrogen and oxygen atoms in total. The van der Waals surface area contributed by atoms with Crippen LogP contribution in [0.1, 0.15) is 50.6 Å². The molecule has 0 spiro atoms. The maximum Gasteiger partial charge on any atom is 0.453 e. The van der Waals surface area contributed by atoms with Crippen LogP contribution in [0.3, 0.4) is 0 Å². The number of allylic oxidation sites excluding steroid dienone is 1. The van der Waals surface area contributed by atoms with Crippen LogP contribution in [0.15, 0.2) is 24.3 Å². The standard InChI is InChI=1S/C21H24F4N8O/c1-10(2)34-16-6-12(14(26)7-13(16)22)18(27)15-8-17(29-9-28-15)32-4-5-33-19(11(32)3)30-20(31-33)21(23,24)25/h7-12,16,26-27H,4-6H2,1-3H3. The zero-order chi connectivity index (χ0) is 24.8. The van der Waals surface area contributed by atoms with Gasteiger partial charge < -0.3 is 20.5 Å². The largest absolute Gasteiger partial charge is 0.453 e. The summed E-state index contributed by atoms with van der Waals surface area (Å²) in [5, 5.41) is 20.4. The van der Waals surface area contributed by atoms with Crippen LogP contribution in [0.25, 0.3) is 0 Å². The van der Waals surface area contributed by atoms with E-state index >= 15 is 0 Å². The number of fused-ring (bicyclic) bond motifs is 1. The van der Waals surface area contributed by atoms with Crippen molar-refractivity contribution >= 4 is 17.2 Å². The number of rotatable bonds is 5. The van der Waals surface area contributed by atoms with Crippen LogP contribution in [0.2, 0.25) is 0 Å². The number of alkyl halides is 3. The van der Waals surface area contributed by atoms with Gasteiger partial charge in [0.15, 0.2) is 0 Å². The highest BCUT2D eigenvalue weighted by Crippen LogP contribution is 2.33. The lowest BCUT2D eigenvalue weighted by Crippen LogP contribution is -2.38. The van der Waals surface area contributed by atoms with Gasteiger partial charge in [0.2, 0.25) is 0 Å². The summed E-state index contributed by atoms with van der Waals surface area (Å²) in [5.41, 5.74) is 0.210. The molecule has 34 heavy (non-hydrogen) atoms. The number of hydrogen-bond donors (Lipinski definition) is 2. The quantitative estimate of drug-likeness (QED) is 0.498. The Kier molecular flexibility index (Phi) is 6.23. The summed E-state index contributed by atoms with van der Waals surface area (Å²) in [7, 11) is 0. The first-order valence-corrected chi connectivity index (χ1v) is 10.8. The van der Waals surface area contributed by atoms with Crippen molar-refractivity contribution in [1.82, 2.24) is 24.7 Å². The van der Waals surface area contributed by atoms with Gasteiger partial charge in [0.1, 0.15) is 29.9 Å². The molecule has 0 bridgehead atoms. The van der Waals surface area contributed by atoms with Crippen LogP contribution < -0.4 is 4.90 Å². The number of aromatic nitrogens is 5. The Labute approximate surface area is 192 Å². The molecule has 1 aliphatic carbocycles. The molecule has 0 saturated carbocycles. The van der Waals surface area contributed by atoms with Gasteiger partial charge >= 0.3 is 6.18 Å². The van der Waals surface area contributed by atoms with Crippen molar-refractivity contribution < 1.29 is 22.3 Å². The Morgan fingerprint density at radius 3 is 2.65 bits per heavy atom. The summed E-state index contributed by atoms with van der Waals surface area (Å²) in [6.45, 7) is 5.78. The van der Waals surface area contributed by atoms with Crippen LogP contribution in [-0.2, 0) is 17.5 Å². The molecule has 3 atom stereocenters. The van der Waals surface area contributed by atoms with Gasteiger partial charge in [0.05, 0.1) is 30.1 Å². The highest BCUT2D eigenvalue weighted by atomic mass is 19.4. The SMILES string of the molecule is CC(C)OC1CC(C(=N)c2cc(N3CCn4nc(C(F)(F)F)nc4C3C)ncn2)C(=N)C=C1F. The van der Waals surface area contributed by atoms with Crippen molar-refractivity contribution in [2.24, 2.45) is 5.92 Å². The zero-order valence-electron chi connectivity index (χ0n) is 18.8. The molecule has 1 aliphatic heterocycles. The maximum atomic E-state index is 14.3. The topological polar surface area (TPSA) is 117 Å². The second-order valence-corrected chi connectivity index (χ2v) is 8.51. The first-order chi connectivity index (χ1) is 16.0. The zero-order valence-corrected chi connectivity index (χ0v) is 18.8. The lowest BCUT2D eigenvalue weighted by Gasteiger charge is -2.34. The molecule has 3 heterocycles. The van der Waals surface area contributed by atoms with Gasteiger partial charge in [-0.15, -0.1) is 5.10 Å². The summed E-state index contributed by atoms with van der Waals surface area (Å²) in [4.78, 5) is 13.8.